The molecular formula is C17H12BrClN2OS. The van der Waals surface area contributed by atoms with Crippen molar-refractivity contribution in [1.29, 1.82) is 0 Å². The Morgan fingerprint density at radius 3 is 2.65 bits per heavy atom. The number of halogens is 2. The maximum absolute atomic E-state index is 12.4. The molecule has 1 amide bonds. The minimum absolute atomic E-state index is 0.0548. The SMILES string of the molecule is CN1C(=O)/C(=C/c2ccccc2)SC1=Nc1ccc(Br)c(Cl)c1. The first-order chi connectivity index (χ1) is 11.0. The molecular weight excluding hydrogens is 396 g/mol. The monoisotopic (exact) mass is 406 g/mol. The van der Waals surface area contributed by atoms with Gasteiger partial charge in [0.05, 0.1) is 15.6 Å². The molecule has 0 saturated carbocycles. The van der Waals surface area contributed by atoms with Crippen LogP contribution >= 0.6 is 39.3 Å². The summed E-state index contributed by atoms with van der Waals surface area (Å²) in [6, 6.07) is 15.2. The Morgan fingerprint density at radius 1 is 1.22 bits per heavy atom. The molecule has 0 bridgehead atoms. The lowest BCUT2D eigenvalue weighted by Crippen LogP contribution is -2.23. The van der Waals surface area contributed by atoms with Crippen LogP contribution in [0.4, 0.5) is 5.69 Å². The molecule has 116 valence electrons. The number of thioether (sulfide) groups is 1. The molecule has 3 rings (SSSR count). The summed E-state index contributed by atoms with van der Waals surface area (Å²) in [7, 11) is 1.72. The summed E-state index contributed by atoms with van der Waals surface area (Å²) in [5.41, 5.74) is 1.70. The molecule has 1 saturated heterocycles. The Balaban J connectivity index is 1.90. The van der Waals surface area contributed by atoms with Crippen molar-refractivity contribution >= 4 is 62.1 Å². The number of carbonyl (C=O) groups is 1. The number of likely N-dealkylation sites (N-methyl/N-ethyl adjacent to an activating group) is 1. The van der Waals surface area contributed by atoms with E-state index in [0.717, 1.165) is 10.0 Å². The van der Waals surface area contributed by atoms with Crippen LogP contribution in [-0.4, -0.2) is 23.0 Å². The van der Waals surface area contributed by atoms with Crippen molar-refractivity contribution in [3.05, 3.63) is 68.5 Å². The summed E-state index contributed by atoms with van der Waals surface area (Å²) < 4.78 is 0.816. The molecule has 0 atom stereocenters. The van der Waals surface area contributed by atoms with Gasteiger partial charge in [-0.1, -0.05) is 41.9 Å². The minimum atomic E-state index is -0.0548. The van der Waals surface area contributed by atoms with Gasteiger partial charge in [-0.2, -0.15) is 0 Å². The molecule has 1 aliphatic rings. The zero-order chi connectivity index (χ0) is 16.4. The first-order valence-corrected chi connectivity index (χ1v) is 8.80. The molecule has 3 nitrogen and oxygen atoms in total. The summed E-state index contributed by atoms with van der Waals surface area (Å²) in [5.74, 6) is -0.0548. The van der Waals surface area contributed by atoms with Crippen LogP contribution in [0.25, 0.3) is 6.08 Å². The number of nitrogens with zero attached hydrogens (tertiary/aromatic N) is 2. The van der Waals surface area contributed by atoms with E-state index in [1.165, 1.54) is 11.8 Å². The molecule has 1 aliphatic heterocycles. The predicted molar refractivity (Wildman–Crippen MR) is 101 cm³/mol. The van der Waals surface area contributed by atoms with E-state index in [9.17, 15) is 4.79 Å². The standard InChI is InChI=1S/C17H12BrClN2OS/c1-21-16(22)15(9-11-5-3-2-4-6-11)23-17(21)20-12-7-8-13(18)14(19)10-12/h2-10H,1H3/b15-9-,20-17?. The van der Waals surface area contributed by atoms with E-state index in [1.807, 2.05) is 48.5 Å². The fourth-order valence-corrected chi connectivity index (χ4v) is 3.43. The van der Waals surface area contributed by atoms with Crippen LogP contribution in [0.2, 0.25) is 5.02 Å². The molecule has 0 N–H and O–H groups in total. The van der Waals surface area contributed by atoms with Crippen molar-refractivity contribution in [3.8, 4) is 0 Å². The zero-order valence-electron chi connectivity index (χ0n) is 12.2. The largest absolute Gasteiger partial charge is 0.290 e. The third kappa shape index (κ3) is 3.68. The minimum Gasteiger partial charge on any atom is -0.290 e. The van der Waals surface area contributed by atoms with Crippen molar-refractivity contribution < 1.29 is 4.79 Å². The Bertz CT molecular complexity index is 821. The van der Waals surface area contributed by atoms with Crippen LogP contribution in [0.5, 0.6) is 0 Å². The second-order valence-electron chi connectivity index (χ2n) is 4.88. The second-order valence-corrected chi connectivity index (χ2v) is 7.15. The molecule has 1 fully saturated rings. The van der Waals surface area contributed by atoms with E-state index in [2.05, 4.69) is 20.9 Å². The van der Waals surface area contributed by atoms with Gasteiger partial charge in [0.2, 0.25) is 0 Å². The maximum atomic E-state index is 12.4. The highest BCUT2D eigenvalue weighted by Crippen LogP contribution is 2.34. The highest BCUT2D eigenvalue weighted by molar-refractivity contribution is 9.10. The summed E-state index contributed by atoms with van der Waals surface area (Å²) >= 11 is 10.8. The van der Waals surface area contributed by atoms with Gasteiger partial charge in [0.1, 0.15) is 0 Å². The number of amidine groups is 1. The third-order valence-electron chi connectivity index (χ3n) is 3.23. The van der Waals surface area contributed by atoms with Gasteiger partial charge in [-0.05, 0) is 57.5 Å². The van der Waals surface area contributed by atoms with Crippen molar-refractivity contribution in [3.63, 3.8) is 0 Å². The van der Waals surface area contributed by atoms with Gasteiger partial charge in [-0.25, -0.2) is 4.99 Å². The predicted octanol–water partition coefficient (Wildman–Crippen LogP) is 5.34. The first-order valence-electron chi connectivity index (χ1n) is 6.81. The maximum Gasteiger partial charge on any atom is 0.266 e. The topological polar surface area (TPSA) is 32.7 Å². The normalized spacial score (nSPS) is 18.2. The number of carbonyl (C=O) groups excluding carboxylic acids is 1. The highest BCUT2D eigenvalue weighted by atomic mass is 79.9. The lowest BCUT2D eigenvalue weighted by molar-refractivity contribution is -0.121. The number of hydrogen-bond donors (Lipinski definition) is 0. The molecule has 2 aromatic rings. The van der Waals surface area contributed by atoms with Crippen LogP contribution < -0.4 is 0 Å². The lowest BCUT2D eigenvalue weighted by Gasteiger charge is -2.07. The van der Waals surface area contributed by atoms with E-state index in [4.69, 9.17) is 11.6 Å². The first kappa shape index (κ1) is 16.3. The fraction of sp³-hybridized carbons (Fsp3) is 0.0588. The van der Waals surface area contributed by atoms with Crippen LogP contribution in [0.1, 0.15) is 5.56 Å². The van der Waals surface area contributed by atoms with Gasteiger partial charge in [0.25, 0.3) is 5.91 Å². The number of benzene rings is 2. The van der Waals surface area contributed by atoms with E-state index in [1.54, 1.807) is 18.0 Å². The van der Waals surface area contributed by atoms with Crippen molar-refractivity contribution in [2.75, 3.05) is 7.05 Å². The van der Waals surface area contributed by atoms with Gasteiger partial charge >= 0.3 is 0 Å². The summed E-state index contributed by atoms with van der Waals surface area (Å²) in [4.78, 5) is 19.1. The zero-order valence-corrected chi connectivity index (χ0v) is 15.3. The third-order valence-corrected chi connectivity index (χ3v) is 5.52. The quantitative estimate of drug-likeness (QED) is 0.630. The molecule has 1 heterocycles. The van der Waals surface area contributed by atoms with Gasteiger partial charge < -0.3 is 0 Å². The number of hydrogen-bond acceptors (Lipinski definition) is 3. The molecule has 23 heavy (non-hydrogen) atoms. The Labute approximate surface area is 152 Å². The number of aliphatic imine (C=N–C) groups is 1. The Morgan fingerprint density at radius 2 is 1.96 bits per heavy atom. The average Bonchev–Trinajstić information content (AvgIpc) is 2.80. The fourth-order valence-electron chi connectivity index (χ4n) is 2.02. The molecule has 6 heteroatoms. The lowest BCUT2D eigenvalue weighted by atomic mass is 10.2. The van der Waals surface area contributed by atoms with Crippen LogP contribution in [0.15, 0.2) is 62.9 Å². The van der Waals surface area contributed by atoms with Crippen molar-refractivity contribution in [1.82, 2.24) is 4.90 Å². The molecule has 0 aliphatic carbocycles. The van der Waals surface area contributed by atoms with E-state index >= 15 is 0 Å². The molecule has 0 unspecified atom stereocenters. The van der Waals surface area contributed by atoms with Gasteiger partial charge in [0.15, 0.2) is 5.17 Å². The van der Waals surface area contributed by atoms with E-state index in [-0.39, 0.29) is 5.91 Å². The second kappa shape index (κ2) is 6.91. The Hall–Kier alpha value is -1.56. The van der Waals surface area contributed by atoms with Gasteiger partial charge in [-0.3, -0.25) is 9.69 Å². The van der Waals surface area contributed by atoms with Crippen LogP contribution in [0.3, 0.4) is 0 Å². The molecule has 2 aromatic carbocycles. The Kier molecular flexibility index (Phi) is 4.90. The van der Waals surface area contributed by atoms with E-state index in [0.29, 0.717) is 20.8 Å². The molecule has 0 radical (unpaired) electrons. The summed E-state index contributed by atoms with van der Waals surface area (Å²) in [6.45, 7) is 0. The van der Waals surface area contributed by atoms with E-state index < -0.39 is 0 Å². The summed E-state index contributed by atoms with van der Waals surface area (Å²) in [5, 5.41) is 1.22. The van der Waals surface area contributed by atoms with Gasteiger partial charge in [-0.15, -0.1) is 0 Å². The summed E-state index contributed by atoms with van der Waals surface area (Å²) in [6.07, 6.45) is 1.88. The molecule has 0 spiro atoms. The number of amides is 1. The smallest absolute Gasteiger partial charge is 0.266 e. The van der Waals surface area contributed by atoms with Crippen molar-refractivity contribution in [2.24, 2.45) is 4.99 Å². The number of rotatable bonds is 2. The average molecular weight is 408 g/mol. The van der Waals surface area contributed by atoms with Crippen LogP contribution in [-0.2, 0) is 4.79 Å². The van der Waals surface area contributed by atoms with Gasteiger partial charge in [0, 0.05) is 11.5 Å². The molecule has 0 aromatic heterocycles. The highest BCUT2D eigenvalue weighted by Gasteiger charge is 2.30. The van der Waals surface area contributed by atoms with Crippen LogP contribution in [0, 0.1) is 0 Å². The van der Waals surface area contributed by atoms with Crippen molar-refractivity contribution in [2.45, 2.75) is 0 Å².